The van der Waals surface area contributed by atoms with Crippen molar-refractivity contribution >= 4 is 13.8 Å². The molecular formula is C15H19F2NSi. The Morgan fingerprint density at radius 3 is 2.53 bits per heavy atom. The van der Waals surface area contributed by atoms with Crippen LogP contribution in [0.4, 0.5) is 14.5 Å². The molecule has 19 heavy (non-hydrogen) atoms. The summed E-state index contributed by atoms with van der Waals surface area (Å²) in [5, 5.41) is 2.99. The summed E-state index contributed by atoms with van der Waals surface area (Å²) < 4.78 is 26.5. The van der Waals surface area contributed by atoms with Crippen molar-refractivity contribution in [3.05, 3.63) is 29.8 Å². The lowest BCUT2D eigenvalue weighted by Gasteiger charge is -2.13. The van der Waals surface area contributed by atoms with Crippen molar-refractivity contribution in [2.75, 3.05) is 11.9 Å². The number of rotatable bonds is 3. The van der Waals surface area contributed by atoms with E-state index in [-0.39, 0.29) is 11.1 Å². The van der Waals surface area contributed by atoms with Crippen molar-refractivity contribution in [1.82, 2.24) is 0 Å². The number of anilines is 1. The Morgan fingerprint density at radius 2 is 1.95 bits per heavy atom. The highest BCUT2D eigenvalue weighted by Gasteiger charge is 2.41. The Kier molecular flexibility index (Phi) is 3.68. The van der Waals surface area contributed by atoms with Crippen LogP contribution in [0.25, 0.3) is 0 Å². The molecule has 2 rings (SSSR count). The van der Waals surface area contributed by atoms with E-state index in [9.17, 15) is 8.78 Å². The summed E-state index contributed by atoms with van der Waals surface area (Å²) in [5.41, 5.74) is 3.56. The summed E-state index contributed by atoms with van der Waals surface area (Å²) >= 11 is 0. The number of benzene rings is 1. The largest absolute Gasteiger partial charge is 0.381 e. The molecule has 1 fully saturated rings. The molecule has 1 aliphatic rings. The van der Waals surface area contributed by atoms with Crippen molar-refractivity contribution in [2.24, 2.45) is 5.41 Å². The maximum atomic E-state index is 13.5. The third kappa shape index (κ3) is 4.07. The standard InChI is InChI=1S/C15H19F2NSi/c1-19(2,3)9-8-15(6-7-15)11-18-14-10-12(16)4-5-13(14)17/h4-5,10,18H,6-7,11H2,1-3H3. The van der Waals surface area contributed by atoms with Crippen LogP contribution in [0.3, 0.4) is 0 Å². The van der Waals surface area contributed by atoms with Crippen LogP contribution in [-0.4, -0.2) is 14.6 Å². The normalized spacial score (nSPS) is 16.5. The number of nitrogens with one attached hydrogen (secondary N) is 1. The Balaban J connectivity index is 2.02. The molecule has 0 atom stereocenters. The van der Waals surface area contributed by atoms with Crippen LogP contribution >= 0.6 is 0 Å². The summed E-state index contributed by atoms with van der Waals surface area (Å²) in [6.45, 7) is 7.20. The van der Waals surface area contributed by atoms with Gasteiger partial charge in [0.25, 0.3) is 0 Å². The van der Waals surface area contributed by atoms with E-state index in [4.69, 9.17) is 0 Å². The topological polar surface area (TPSA) is 12.0 Å². The van der Waals surface area contributed by atoms with Crippen LogP contribution in [0.15, 0.2) is 18.2 Å². The number of halogens is 2. The molecule has 1 saturated carbocycles. The van der Waals surface area contributed by atoms with E-state index in [1.165, 1.54) is 6.07 Å². The molecule has 0 amide bonds. The highest BCUT2D eigenvalue weighted by Crippen LogP contribution is 2.45. The molecule has 0 aliphatic heterocycles. The predicted molar refractivity (Wildman–Crippen MR) is 77.6 cm³/mol. The van der Waals surface area contributed by atoms with E-state index in [1.807, 2.05) is 0 Å². The molecule has 0 saturated heterocycles. The molecule has 0 bridgehead atoms. The molecule has 0 unspecified atom stereocenters. The van der Waals surface area contributed by atoms with Crippen LogP contribution < -0.4 is 5.32 Å². The zero-order chi connectivity index (χ0) is 14.1. The third-order valence-electron chi connectivity index (χ3n) is 3.10. The quantitative estimate of drug-likeness (QED) is 0.650. The highest BCUT2D eigenvalue weighted by molar-refractivity contribution is 6.83. The minimum atomic E-state index is -1.38. The Labute approximate surface area is 114 Å². The fraction of sp³-hybridized carbons (Fsp3) is 0.467. The average molecular weight is 279 g/mol. The van der Waals surface area contributed by atoms with E-state index in [1.54, 1.807) is 0 Å². The average Bonchev–Trinajstić information content (AvgIpc) is 3.08. The lowest BCUT2D eigenvalue weighted by molar-refractivity contribution is 0.600. The lowest BCUT2D eigenvalue weighted by atomic mass is 10.1. The van der Waals surface area contributed by atoms with Gasteiger partial charge in [0.1, 0.15) is 19.7 Å². The molecule has 1 aromatic carbocycles. The second-order valence-corrected chi connectivity index (χ2v) is 11.0. The lowest BCUT2D eigenvalue weighted by Crippen LogP contribution is -2.19. The Bertz CT molecular complexity index is 533. The molecule has 0 aromatic heterocycles. The number of hydrogen-bond donors (Lipinski definition) is 1. The third-order valence-corrected chi connectivity index (χ3v) is 3.98. The van der Waals surface area contributed by atoms with Gasteiger partial charge in [-0.15, -0.1) is 11.5 Å². The van der Waals surface area contributed by atoms with E-state index in [0.29, 0.717) is 6.54 Å². The molecule has 0 heterocycles. The summed E-state index contributed by atoms with van der Waals surface area (Å²) in [4.78, 5) is 0. The molecule has 1 aliphatic carbocycles. The maximum absolute atomic E-state index is 13.5. The fourth-order valence-corrected chi connectivity index (χ4v) is 2.35. The van der Waals surface area contributed by atoms with Gasteiger partial charge in [-0.1, -0.05) is 19.6 Å². The predicted octanol–water partition coefficient (Wildman–Crippen LogP) is 4.04. The monoisotopic (exact) mass is 279 g/mol. The van der Waals surface area contributed by atoms with Gasteiger partial charge in [-0.05, 0) is 31.0 Å². The molecule has 1 nitrogen and oxygen atoms in total. The van der Waals surface area contributed by atoms with Gasteiger partial charge in [0.15, 0.2) is 0 Å². The summed E-state index contributed by atoms with van der Waals surface area (Å²) in [7, 11) is -1.38. The van der Waals surface area contributed by atoms with Crippen LogP contribution in [0.5, 0.6) is 0 Å². The summed E-state index contributed by atoms with van der Waals surface area (Å²) in [6.07, 6.45) is 2.07. The van der Waals surface area contributed by atoms with Gasteiger partial charge in [0.2, 0.25) is 0 Å². The van der Waals surface area contributed by atoms with Gasteiger partial charge in [-0.3, -0.25) is 0 Å². The molecule has 1 N–H and O–H groups in total. The first-order chi connectivity index (χ1) is 8.80. The molecule has 0 radical (unpaired) electrons. The van der Waals surface area contributed by atoms with Crippen molar-refractivity contribution < 1.29 is 8.78 Å². The van der Waals surface area contributed by atoms with Crippen molar-refractivity contribution in [2.45, 2.75) is 32.5 Å². The first-order valence-electron chi connectivity index (χ1n) is 6.53. The zero-order valence-electron chi connectivity index (χ0n) is 11.6. The summed E-state index contributed by atoms with van der Waals surface area (Å²) in [6, 6.07) is 3.46. The van der Waals surface area contributed by atoms with Gasteiger partial charge in [0.05, 0.1) is 5.69 Å². The van der Waals surface area contributed by atoms with Gasteiger partial charge in [0, 0.05) is 12.0 Å². The van der Waals surface area contributed by atoms with Gasteiger partial charge < -0.3 is 5.32 Å². The van der Waals surface area contributed by atoms with Crippen molar-refractivity contribution in [1.29, 1.82) is 0 Å². The molecule has 1 aromatic rings. The van der Waals surface area contributed by atoms with Crippen LogP contribution in [-0.2, 0) is 0 Å². The Hall–Kier alpha value is -1.34. The smallest absolute Gasteiger partial charge is 0.146 e. The van der Waals surface area contributed by atoms with Crippen LogP contribution in [0.1, 0.15) is 12.8 Å². The minimum absolute atomic E-state index is 0.0287. The van der Waals surface area contributed by atoms with Gasteiger partial charge >= 0.3 is 0 Å². The van der Waals surface area contributed by atoms with Crippen LogP contribution in [0, 0.1) is 28.5 Å². The SMILES string of the molecule is C[Si](C)(C)C#CC1(CNc2cc(F)ccc2F)CC1. The van der Waals surface area contributed by atoms with Crippen LogP contribution in [0.2, 0.25) is 19.6 Å². The second-order valence-electron chi connectivity index (χ2n) is 6.26. The Morgan fingerprint density at radius 1 is 1.26 bits per heavy atom. The molecule has 4 heteroatoms. The van der Waals surface area contributed by atoms with Gasteiger partial charge in [-0.25, -0.2) is 8.78 Å². The first-order valence-corrected chi connectivity index (χ1v) is 10.0. The van der Waals surface area contributed by atoms with Crippen molar-refractivity contribution in [3.63, 3.8) is 0 Å². The summed E-state index contributed by atoms with van der Waals surface area (Å²) in [5.74, 6) is 2.50. The van der Waals surface area contributed by atoms with E-state index >= 15 is 0 Å². The second kappa shape index (κ2) is 4.97. The molecule has 0 spiro atoms. The van der Waals surface area contributed by atoms with E-state index in [2.05, 4.69) is 36.4 Å². The molecular weight excluding hydrogens is 260 g/mol. The first kappa shape index (κ1) is 14.1. The maximum Gasteiger partial charge on any atom is 0.146 e. The number of hydrogen-bond acceptors (Lipinski definition) is 1. The fourth-order valence-electron chi connectivity index (χ4n) is 1.71. The molecule has 102 valence electrons. The highest BCUT2D eigenvalue weighted by atomic mass is 28.3. The zero-order valence-corrected chi connectivity index (χ0v) is 12.6. The van der Waals surface area contributed by atoms with Crippen molar-refractivity contribution in [3.8, 4) is 11.5 Å². The van der Waals surface area contributed by atoms with E-state index in [0.717, 1.165) is 25.0 Å². The van der Waals surface area contributed by atoms with E-state index < -0.39 is 19.7 Å². The minimum Gasteiger partial charge on any atom is -0.381 e. The van der Waals surface area contributed by atoms with Gasteiger partial charge in [-0.2, -0.15) is 0 Å².